The fourth-order valence-electron chi connectivity index (χ4n) is 2.35. The molecule has 0 aliphatic heterocycles. The number of benzene rings is 1. The molecule has 0 atom stereocenters. The number of nitrogens with zero attached hydrogens (tertiary/aromatic N) is 2. The molecule has 1 aliphatic rings. The van der Waals surface area contributed by atoms with Crippen molar-refractivity contribution in [3.63, 3.8) is 0 Å². The van der Waals surface area contributed by atoms with E-state index in [1.54, 1.807) is 0 Å². The highest BCUT2D eigenvalue weighted by Gasteiger charge is 2.26. The molecular formula is C17H21BrN4. The fraction of sp³-hybridized carbons (Fsp3) is 0.412. The van der Waals surface area contributed by atoms with Gasteiger partial charge in [0.15, 0.2) is 0 Å². The lowest BCUT2D eigenvalue weighted by Crippen LogP contribution is -2.14. The van der Waals surface area contributed by atoms with Gasteiger partial charge >= 0.3 is 0 Å². The van der Waals surface area contributed by atoms with Gasteiger partial charge in [-0.05, 0) is 57.4 Å². The van der Waals surface area contributed by atoms with Crippen molar-refractivity contribution in [2.24, 2.45) is 0 Å². The number of aryl methyl sites for hydroxylation is 1. The zero-order chi connectivity index (χ0) is 15.7. The molecule has 1 aliphatic carbocycles. The Morgan fingerprint density at radius 1 is 1.18 bits per heavy atom. The second-order valence-electron chi connectivity index (χ2n) is 6.16. The zero-order valence-corrected chi connectivity index (χ0v) is 14.7. The zero-order valence-electron chi connectivity index (χ0n) is 13.2. The molecule has 5 heteroatoms. The third-order valence-electron chi connectivity index (χ3n) is 3.61. The molecule has 1 heterocycles. The van der Waals surface area contributed by atoms with Gasteiger partial charge in [-0.25, -0.2) is 4.98 Å². The van der Waals surface area contributed by atoms with Crippen molar-refractivity contribution in [2.45, 2.75) is 45.6 Å². The first-order valence-electron chi connectivity index (χ1n) is 7.70. The van der Waals surface area contributed by atoms with Gasteiger partial charge in [-0.2, -0.15) is 4.98 Å². The summed E-state index contributed by atoms with van der Waals surface area (Å²) in [5, 5.41) is 6.73. The van der Waals surface area contributed by atoms with Crippen molar-refractivity contribution in [3.8, 4) is 0 Å². The number of hydrogen-bond donors (Lipinski definition) is 2. The molecule has 0 radical (unpaired) electrons. The van der Waals surface area contributed by atoms with Crippen LogP contribution in [0, 0.1) is 6.92 Å². The lowest BCUT2D eigenvalue weighted by molar-refractivity contribution is 0.864. The molecule has 0 spiro atoms. The molecule has 1 saturated carbocycles. The van der Waals surface area contributed by atoms with Gasteiger partial charge in [0, 0.05) is 28.2 Å². The van der Waals surface area contributed by atoms with Crippen molar-refractivity contribution < 1.29 is 0 Å². The third kappa shape index (κ3) is 3.77. The summed E-state index contributed by atoms with van der Waals surface area (Å²) in [6.07, 6.45) is 2.46. The summed E-state index contributed by atoms with van der Waals surface area (Å²) in [5.74, 6) is 2.16. The maximum atomic E-state index is 4.64. The minimum absolute atomic E-state index is 0.316. The maximum Gasteiger partial charge on any atom is 0.225 e. The molecule has 1 aromatic carbocycles. The lowest BCUT2D eigenvalue weighted by atomic mass is 10.2. The van der Waals surface area contributed by atoms with Gasteiger partial charge in [-0.3, -0.25) is 0 Å². The van der Waals surface area contributed by atoms with E-state index in [0.717, 1.165) is 21.7 Å². The van der Waals surface area contributed by atoms with E-state index in [1.807, 2.05) is 6.07 Å². The van der Waals surface area contributed by atoms with Crippen LogP contribution in [0.25, 0.3) is 0 Å². The van der Waals surface area contributed by atoms with E-state index in [9.17, 15) is 0 Å². The summed E-state index contributed by atoms with van der Waals surface area (Å²) in [7, 11) is 0. The molecule has 0 saturated heterocycles. The molecule has 2 aromatic rings. The van der Waals surface area contributed by atoms with E-state index in [-0.39, 0.29) is 0 Å². The lowest BCUT2D eigenvalue weighted by Gasteiger charge is -2.14. The third-order valence-corrected chi connectivity index (χ3v) is 4.10. The van der Waals surface area contributed by atoms with Crippen LogP contribution in [0.5, 0.6) is 0 Å². The predicted molar refractivity (Wildman–Crippen MR) is 94.9 cm³/mol. The summed E-state index contributed by atoms with van der Waals surface area (Å²) >= 11 is 3.50. The fourth-order valence-corrected chi connectivity index (χ4v) is 2.82. The van der Waals surface area contributed by atoms with Gasteiger partial charge < -0.3 is 10.6 Å². The monoisotopic (exact) mass is 360 g/mol. The van der Waals surface area contributed by atoms with Gasteiger partial charge in [0.1, 0.15) is 5.82 Å². The van der Waals surface area contributed by atoms with E-state index in [1.165, 1.54) is 18.4 Å². The molecule has 3 rings (SSSR count). The summed E-state index contributed by atoms with van der Waals surface area (Å²) in [6.45, 7) is 6.28. The van der Waals surface area contributed by atoms with Crippen molar-refractivity contribution in [1.82, 2.24) is 9.97 Å². The first kappa shape index (κ1) is 15.3. The van der Waals surface area contributed by atoms with Crippen molar-refractivity contribution in [3.05, 3.63) is 40.0 Å². The van der Waals surface area contributed by atoms with Crippen LogP contribution in [-0.4, -0.2) is 16.0 Å². The van der Waals surface area contributed by atoms with Gasteiger partial charge in [-0.15, -0.1) is 0 Å². The van der Waals surface area contributed by atoms with Crippen LogP contribution < -0.4 is 10.6 Å². The smallest absolute Gasteiger partial charge is 0.225 e. The highest BCUT2D eigenvalue weighted by Crippen LogP contribution is 2.40. The average molecular weight is 361 g/mol. The minimum atomic E-state index is 0.316. The van der Waals surface area contributed by atoms with Gasteiger partial charge in [0.2, 0.25) is 5.95 Å². The number of aromatic nitrogens is 2. The SMILES string of the molecule is Cc1cc(Br)ccc1Nc1cc(C2CC2)nc(NC(C)C)n1. The molecule has 1 aromatic heterocycles. The highest BCUT2D eigenvalue weighted by atomic mass is 79.9. The van der Waals surface area contributed by atoms with Gasteiger partial charge in [0.25, 0.3) is 0 Å². The average Bonchev–Trinajstić information content (AvgIpc) is 3.25. The summed E-state index contributed by atoms with van der Waals surface area (Å²) in [6, 6.07) is 8.58. The number of anilines is 3. The number of hydrogen-bond acceptors (Lipinski definition) is 4. The maximum absolute atomic E-state index is 4.64. The molecule has 0 amide bonds. The van der Waals surface area contributed by atoms with Crippen LogP contribution in [0.1, 0.15) is 43.9 Å². The number of nitrogens with one attached hydrogen (secondary N) is 2. The Morgan fingerprint density at radius 3 is 2.59 bits per heavy atom. The molecule has 0 unspecified atom stereocenters. The first-order valence-corrected chi connectivity index (χ1v) is 8.49. The van der Waals surface area contributed by atoms with E-state index in [4.69, 9.17) is 0 Å². The molecule has 1 fully saturated rings. The van der Waals surface area contributed by atoms with Crippen molar-refractivity contribution in [1.29, 1.82) is 0 Å². The molecule has 2 N–H and O–H groups in total. The van der Waals surface area contributed by atoms with Gasteiger partial charge in [-0.1, -0.05) is 15.9 Å². The topological polar surface area (TPSA) is 49.8 Å². The van der Waals surface area contributed by atoms with Crippen LogP contribution in [0.15, 0.2) is 28.7 Å². The minimum Gasteiger partial charge on any atom is -0.352 e. The Hall–Kier alpha value is -1.62. The Morgan fingerprint density at radius 2 is 1.95 bits per heavy atom. The molecule has 116 valence electrons. The second kappa shape index (κ2) is 6.24. The Bertz CT molecular complexity index is 680. The Labute approximate surface area is 139 Å². The van der Waals surface area contributed by atoms with Crippen molar-refractivity contribution >= 4 is 33.4 Å². The van der Waals surface area contributed by atoms with Crippen LogP contribution in [0.4, 0.5) is 17.5 Å². The first-order chi connectivity index (χ1) is 10.5. The molecule has 4 nitrogen and oxygen atoms in total. The normalized spacial score (nSPS) is 14.2. The van der Waals surface area contributed by atoms with E-state index in [0.29, 0.717) is 17.9 Å². The van der Waals surface area contributed by atoms with Crippen LogP contribution >= 0.6 is 15.9 Å². The van der Waals surface area contributed by atoms with Crippen LogP contribution in [0.3, 0.4) is 0 Å². The Kier molecular flexibility index (Phi) is 4.34. The van der Waals surface area contributed by atoms with Crippen molar-refractivity contribution in [2.75, 3.05) is 10.6 Å². The van der Waals surface area contributed by atoms with Gasteiger partial charge in [0.05, 0.1) is 5.69 Å². The van der Waals surface area contributed by atoms with Crippen LogP contribution in [0.2, 0.25) is 0 Å². The largest absolute Gasteiger partial charge is 0.352 e. The highest BCUT2D eigenvalue weighted by molar-refractivity contribution is 9.10. The predicted octanol–water partition coefficient (Wildman–Crippen LogP) is 4.99. The molecule has 22 heavy (non-hydrogen) atoms. The molecular weight excluding hydrogens is 340 g/mol. The summed E-state index contributed by atoms with van der Waals surface area (Å²) < 4.78 is 1.08. The van der Waals surface area contributed by atoms with Crippen LogP contribution in [-0.2, 0) is 0 Å². The second-order valence-corrected chi connectivity index (χ2v) is 7.07. The van der Waals surface area contributed by atoms with E-state index < -0.39 is 0 Å². The summed E-state index contributed by atoms with van der Waals surface area (Å²) in [4.78, 5) is 9.24. The van der Waals surface area contributed by atoms with E-state index in [2.05, 4.69) is 75.5 Å². The number of rotatable bonds is 5. The summed E-state index contributed by atoms with van der Waals surface area (Å²) in [5.41, 5.74) is 3.38. The quantitative estimate of drug-likeness (QED) is 0.788. The standard InChI is InChI=1S/C17H21BrN4/c1-10(2)19-17-21-15(12-4-5-12)9-16(22-17)20-14-7-6-13(18)8-11(14)3/h6-10,12H,4-5H2,1-3H3,(H2,19,20,21,22). The molecule has 0 bridgehead atoms. The Balaban J connectivity index is 1.89. The van der Waals surface area contributed by atoms with E-state index >= 15 is 0 Å². The number of halogens is 1.